The molecule has 0 amide bonds. The normalized spacial score (nSPS) is 19.7. The van der Waals surface area contributed by atoms with Crippen molar-refractivity contribution in [3.8, 4) is 0 Å². The van der Waals surface area contributed by atoms with Crippen molar-refractivity contribution < 1.29 is 24.0 Å². The molecule has 10 nitrogen and oxygen atoms in total. The van der Waals surface area contributed by atoms with Crippen LogP contribution in [0.4, 0.5) is 11.4 Å². The molecular weight excluding hydrogens is 512 g/mol. The fraction of sp³-hybridized carbons (Fsp3) is 0.433. The summed E-state index contributed by atoms with van der Waals surface area (Å²) >= 11 is 0. The molecule has 0 N–H and O–H groups in total. The molecule has 1 saturated heterocycles. The summed E-state index contributed by atoms with van der Waals surface area (Å²) in [5.41, 5.74) is 3.98. The van der Waals surface area contributed by atoms with E-state index in [1.807, 2.05) is 0 Å². The third-order valence-corrected chi connectivity index (χ3v) is 7.62. The number of hydrogen-bond donors (Lipinski definition) is 0. The molecular formula is C30H36N4O6. The van der Waals surface area contributed by atoms with Gasteiger partial charge in [0.2, 0.25) is 0 Å². The van der Waals surface area contributed by atoms with Gasteiger partial charge >= 0.3 is 11.9 Å². The van der Waals surface area contributed by atoms with Gasteiger partial charge in [-0.15, -0.1) is 0 Å². The zero-order valence-corrected chi connectivity index (χ0v) is 23.5. The van der Waals surface area contributed by atoms with E-state index in [9.17, 15) is 19.7 Å². The molecule has 0 aromatic heterocycles. The van der Waals surface area contributed by atoms with Crippen LogP contribution >= 0.6 is 0 Å². The molecule has 40 heavy (non-hydrogen) atoms. The lowest BCUT2D eigenvalue weighted by molar-refractivity contribution is -0.384. The van der Waals surface area contributed by atoms with Crippen molar-refractivity contribution >= 4 is 29.0 Å². The monoisotopic (exact) mass is 548 g/mol. The van der Waals surface area contributed by atoms with Crippen molar-refractivity contribution in [2.24, 2.45) is 10.9 Å². The molecule has 2 unspecified atom stereocenters. The van der Waals surface area contributed by atoms with Crippen LogP contribution < -0.4 is 4.90 Å². The highest BCUT2D eigenvalue weighted by Crippen LogP contribution is 2.41. The molecule has 0 bridgehead atoms. The molecule has 0 saturated carbocycles. The number of benzene rings is 2. The van der Waals surface area contributed by atoms with Crippen molar-refractivity contribution in [2.75, 3.05) is 51.3 Å². The third kappa shape index (κ3) is 6.39. The van der Waals surface area contributed by atoms with E-state index in [-0.39, 0.29) is 17.9 Å². The quantitative estimate of drug-likeness (QED) is 0.197. The first-order chi connectivity index (χ1) is 19.2. The summed E-state index contributed by atoms with van der Waals surface area (Å²) in [7, 11) is 1.27. The van der Waals surface area contributed by atoms with E-state index >= 15 is 0 Å². The number of nitro benzene ring substituents is 1. The largest absolute Gasteiger partial charge is 0.468 e. The van der Waals surface area contributed by atoms with E-state index in [1.165, 1.54) is 30.5 Å². The Morgan fingerprint density at radius 1 is 1.05 bits per heavy atom. The van der Waals surface area contributed by atoms with Crippen LogP contribution in [0.3, 0.4) is 0 Å². The van der Waals surface area contributed by atoms with E-state index in [0.29, 0.717) is 23.4 Å². The molecule has 2 aliphatic heterocycles. The molecule has 4 rings (SSSR count). The minimum absolute atomic E-state index is 0.130. The Balaban J connectivity index is 1.41. The van der Waals surface area contributed by atoms with Crippen LogP contribution in [-0.4, -0.2) is 73.9 Å². The molecule has 2 aromatic rings. The van der Waals surface area contributed by atoms with Crippen molar-refractivity contribution in [2.45, 2.75) is 33.1 Å². The van der Waals surface area contributed by atoms with Gasteiger partial charge in [-0.25, -0.2) is 4.79 Å². The van der Waals surface area contributed by atoms with E-state index in [1.54, 1.807) is 26.0 Å². The molecule has 212 valence electrons. The van der Waals surface area contributed by atoms with Gasteiger partial charge in [0.05, 0.1) is 24.2 Å². The number of para-hydroxylation sites is 1. The van der Waals surface area contributed by atoms with Crippen molar-refractivity contribution in [1.29, 1.82) is 0 Å². The number of carbonyl (C=O) groups excluding carboxylic acids is 2. The van der Waals surface area contributed by atoms with Crippen LogP contribution in [0.25, 0.3) is 0 Å². The van der Waals surface area contributed by atoms with Gasteiger partial charge in [0.1, 0.15) is 5.92 Å². The second kappa shape index (κ2) is 12.9. The number of piperazine rings is 1. The smallest absolute Gasteiger partial charge is 0.336 e. The Labute approximate surface area is 234 Å². The third-order valence-electron chi connectivity index (χ3n) is 7.62. The molecule has 0 aliphatic carbocycles. The maximum Gasteiger partial charge on any atom is 0.336 e. The zero-order chi connectivity index (χ0) is 28.8. The Morgan fingerprint density at radius 3 is 2.45 bits per heavy atom. The summed E-state index contributed by atoms with van der Waals surface area (Å²) in [5, 5.41) is 11.4. The van der Waals surface area contributed by atoms with Gasteiger partial charge in [-0.3, -0.25) is 24.8 Å². The average Bonchev–Trinajstić information content (AvgIpc) is 2.95. The number of nitrogens with zero attached hydrogens (tertiary/aromatic N) is 4. The number of ether oxygens (including phenoxy) is 2. The van der Waals surface area contributed by atoms with Gasteiger partial charge in [0.15, 0.2) is 0 Å². The Morgan fingerprint density at radius 2 is 1.77 bits per heavy atom. The Hall–Kier alpha value is -4.05. The second-order valence-corrected chi connectivity index (χ2v) is 10.2. The SMILES string of the molecule is COC(=O)C1C(C)=NC(C)=C(C(=O)OCCCN2CCN(c3ccccc3C)CC2)C1c1cccc([N+](=O)[O-])c1. The fourth-order valence-corrected chi connectivity index (χ4v) is 5.59. The summed E-state index contributed by atoms with van der Waals surface area (Å²) in [4.78, 5) is 46.4. The van der Waals surface area contributed by atoms with Crippen LogP contribution in [0, 0.1) is 23.0 Å². The first kappa shape index (κ1) is 28.9. The van der Waals surface area contributed by atoms with E-state index < -0.39 is 28.7 Å². The van der Waals surface area contributed by atoms with E-state index in [0.717, 1.165) is 32.7 Å². The minimum atomic E-state index is -0.900. The van der Waals surface area contributed by atoms with Crippen LogP contribution in [0.1, 0.15) is 37.3 Å². The van der Waals surface area contributed by atoms with Crippen LogP contribution in [-0.2, 0) is 19.1 Å². The number of nitro groups is 1. The van der Waals surface area contributed by atoms with Gasteiger partial charge in [0, 0.05) is 67.9 Å². The molecule has 2 aliphatic rings. The van der Waals surface area contributed by atoms with Gasteiger partial charge in [-0.1, -0.05) is 30.3 Å². The topological polar surface area (TPSA) is 115 Å². The number of rotatable bonds is 9. The Kier molecular flexibility index (Phi) is 9.31. The standard InChI is InChI=1S/C30H36N4O6/c1-20-9-5-6-12-25(20)33-16-14-32(15-17-33)13-8-18-40-30(36)27-22(3)31-21(2)26(29(35)39-4)28(27)23-10-7-11-24(19-23)34(37)38/h5-7,9-12,19,26,28H,8,13-18H2,1-4H3. The van der Waals surface area contributed by atoms with Gasteiger partial charge in [-0.2, -0.15) is 0 Å². The number of aryl methyl sites for hydroxylation is 1. The van der Waals surface area contributed by atoms with Gasteiger partial charge < -0.3 is 14.4 Å². The number of methoxy groups -OCH3 is 1. The number of esters is 2. The van der Waals surface area contributed by atoms with Crippen molar-refractivity contribution in [3.63, 3.8) is 0 Å². The number of hydrogen-bond acceptors (Lipinski definition) is 9. The molecule has 0 radical (unpaired) electrons. The highest BCUT2D eigenvalue weighted by molar-refractivity contribution is 6.07. The predicted octanol–water partition coefficient (Wildman–Crippen LogP) is 4.28. The van der Waals surface area contributed by atoms with Gasteiger partial charge in [0.25, 0.3) is 5.69 Å². The number of non-ortho nitro benzene ring substituents is 1. The lowest BCUT2D eigenvalue weighted by Gasteiger charge is -2.36. The summed E-state index contributed by atoms with van der Waals surface area (Å²) in [6, 6.07) is 14.4. The summed E-state index contributed by atoms with van der Waals surface area (Å²) < 4.78 is 10.7. The van der Waals surface area contributed by atoms with Crippen LogP contribution in [0.2, 0.25) is 0 Å². The fourth-order valence-electron chi connectivity index (χ4n) is 5.59. The molecule has 0 spiro atoms. The average molecular weight is 549 g/mol. The first-order valence-electron chi connectivity index (χ1n) is 13.5. The van der Waals surface area contributed by atoms with Crippen LogP contribution in [0.15, 0.2) is 64.8 Å². The predicted molar refractivity (Wildman–Crippen MR) is 153 cm³/mol. The molecule has 1 fully saturated rings. The number of allylic oxidation sites excluding steroid dienone is 1. The second-order valence-electron chi connectivity index (χ2n) is 10.2. The van der Waals surface area contributed by atoms with E-state index in [2.05, 4.69) is 46.0 Å². The molecule has 2 atom stereocenters. The lowest BCUT2D eigenvalue weighted by Crippen LogP contribution is -2.47. The highest BCUT2D eigenvalue weighted by atomic mass is 16.6. The minimum Gasteiger partial charge on any atom is -0.468 e. The highest BCUT2D eigenvalue weighted by Gasteiger charge is 2.42. The van der Waals surface area contributed by atoms with Gasteiger partial charge in [-0.05, 0) is 44.4 Å². The molecule has 2 heterocycles. The zero-order valence-electron chi connectivity index (χ0n) is 23.5. The number of aliphatic imine (C=N–C) groups is 1. The number of carbonyl (C=O) groups is 2. The maximum absolute atomic E-state index is 13.4. The van der Waals surface area contributed by atoms with Crippen molar-refractivity contribution in [3.05, 3.63) is 81.0 Å². The van der Waals surface area contributed by atoms with E-state index in [4.69, 9.17) is 9.47 Å². The lowest BCUT2D eigenvalue weighted by atomic mass is 9.75. The number of anilines is 1. The maximum atomic E-state index is 13.4. The summed E-state index contributed by atoms with van der Waals surface area (Å²) in [6.45, 7) is 10.2. The van der Waals surface area contributed by atoms with Crippen molar-refractivity contribution in [1.82, 2.24) is 4.90 Å². The summed E-state index contributed by atoms with van der Waals surface area (Å²) in [6.07, 6.45) is 0.659. The summed E-state index contributed by atoms with van der Waals surface area (Å²) in [5.74, 6) is -2.86. The molecule has 2 aromatic carbocycles. The molecule has 10 heteroatoms. The Bertz CT molecular complexity index is 1330. The first-order valence-corrected chi connectivity index (χ1v) is 13.5. The van der Waals surface area contributed by atoms with Crippen LogP contribution in [0.5, 0.6) is 0 Å².